The molecule has 0 atom stereocenters. The second-order valence-corrected chi connectivity index (χ2v) is 11.2. The molecule has 2 aromatic carbocycles. The molecule has 0 unspecified atom stereocenters. The van der Waals surface area contributed by atoms with Crippen LogP contribution >= 0.6 is 0 Å². The van der Waals surface area contributed by atoms with Crippen molar-refractivity contribution in [2.24, 2.45) is 0 Å². The molecule has 224 valence electrons. The van der Waals surface area contributed by atoms with Crippen LogP contribution in [-0.2, 0) is 10.0 Å². The minimum atomic E-state index is -3.74. The van der Waals surface area contributed by atoms with Gasteiger partial charge in [0.05, 0.1) is 18.2 Å². The highest BCUT2D eigenvalue weighted by Crippen LogP contribution is 2.28. The number of carbonyl (C=O) groups is 1. The van der Waals surface area contributed by atoms with E-state index >= 15 is 0 Å². The van der Waals surface area contributed by atoms with E-state index in [-0.39, 0.29) is 16.8 Å². The number of sulfonamides is 1. The summed E-state index contributed by atoms with van der Waals surface area (Å²) in [5, 5.41) is 14.4. The van der Waals surface area contributed by atoms with Crippen LogP contribution in [0.25, 0.3) is 16.9 Å². The van der Waals surface area contributed by atoms with Crippen LogP contribution in [-0.4, -0.2) is 84.0 Å². The Balaban J connectivity index is 1.53. The fourth-order valence-electron chi connectivity index (χ4n) is 4.22. The fourth-order valence-corrected chi connectivity index (χ4v) is 5.32. The minimum absolute atomic E-state index is 0.0719. The van der Waals surface area contributed by atoms with E-state index in [4.69, 9.17) is 4.74 Å². The number of nitrogens with zero attached hydrogens (tertiary/aromatic N) is 6. The number of rotatable bonds is 15. The Kier molecular flexibility index (Phi) is 10.4. The van der Waals surface area contributed by atoms with Gasteiger partial charge in [-0.1, -0.05) is 32.4 Å². The Morgan fingerprint density at radius 2 is 1.81 bits per heavy atom. The molecule has 1 amide bonds. The molecule has 0 fully saturated rings. The van der Waals surface area contributed by atoms with Crippen molar-refractivity contribution in [1.82, 2.24) is 39.9 Å². The zero-order valence-electron chi connectivity index (χ0n) is 24.3. The van der Waals surface area contributed by atoms with Crippen molar-refractivity contribution in [2.75, 3.05) is 45.2 Å². The van der Waals surface area contributed by atoms with E-state index in [9.17, 15) is 13.2 Å². The molecule has 0 aliphatic rings. The van der Waals surface area contributed by atoms with Crippen molar-refractivity contribution in [2.45, 2.75) is 38.5 Å². The molecule has 0 spiro atoms. The van der Waals surface area contributed by atoms with Gasteiger partial charge < -0.3 is 20.3 Å². The number of benzene rings is 2. The van der Waals surface area contributed by atoms with Gasteiger partial charge in [-0.15, -0.1) is 5.10 Å². The Morgan fingerprint density at radius 3 is 2.50 bits per heavy atom. The number of anilines is 2. The summed E-state index contributed by atoms with van der Waals surface area (Å²) in [6.07, 6.45) is 3.12. The van der Waals surface area contributed by atoms with Crippen LogP contribution in [0.15, 0.2) is 53.6 Å². The normalized spacial score (nSPS) is 11.6. The average Bonchev–Trinajstić information content (AvgIpc) is 3.42. The van der Waals surface area contributed by atoms with Crippen molar-refractivity contribution in [3.63, 3.8) is 0 Å². The quantitative estimate of drug-likeness (QED) is 0.175. The molecule has 2 heterocycles. The molecule has 0 aliphatic carbocycles. The van der Waals surface area contributed by atoms with Gasteiger partial charge in [-0.25, -0.2) is 18.1 Å². The van der Waals surface area contributed by atoms with Crippen LogP contribution in [0, 0.1) is 0 Å². The summed E-state index contributed by atoms with van der Waals surface area (Å²) in [5.41, 5.74) is 2.35. The van der Waals surface area contributed by atoms with Gasteiger partial charge in [0, 0.05) is 30.9 Å². The lowest BCUT2D eigenvalue weighted by Crippen LogP contribution is -2.34. The third-order valence-corrected chi connectivity index (χ3v) is 8.17. The molecule has 0 radical (unpaired) electrons. The summed E-state index contributed by atoms with van der Waals surface area (Å²) in [4.78, 5) is 23.7. The summed E-state index contributed by atoms with van der Waals surface area (Å²) >= 11 is 0. The number of ether oxygens (including phenoxy) is 1. The van der Waals surface area contributed by atoms with E-state index < -0.39 is 10.0 Å². The van der Waals surface area contributed by atoms with Gasteiger partial charge in [0.15, 0.2) is 11.2 Å². The Hall–Kier alpha value is -4.14. The summed E-state index contributed by atoms with van der Waals surface area (Å²) < 4.78 is 35.2. The first kappa shape index (κ1) is 30.8. The van der Waals surface area contributed by atoms with Gasteiger partial charge in [-0.2, -0.15) is 9.67 Å². The van der Waals surface area contributed by atoms with Crippen LogP contribution < -0.4 is 20.1 Å². The first-order chi connectivity index (χ1) is 20.3. The van der Waals surface area contributed by atoms with Gasteiger partial charge in [-0.05, 0) is 62.0 Å². The van der Waals surface area contributed by atoms with Gasteiger partial charge in [0.2, 0.25) is 16.0 Å². The summed E-state index contributed by atoms with van der Waals surface area (Å²) in [5.74, 6) is 0.528. The maximum absolute atomic E-state index is 12.9. The van der Waals surface area contributed by atoms with E-state index in [0.717, 1.165) is 32.5 Å². The summed E-state index contributed by atoms with van der Waals surface area (Å²) in [6.45, 7) is 9.78. The number of fused-ring (bicyclic) bond motifs is 1. The summed E-state index contributed by atoms with van der Waals surface area (Å²) in [7, 11) is -2.25. The lowest BCUT2D eigenvalue weighted by molar-refractivity contribution is 0.0949. The third-order valence-electron chi connectivity index (χ3n) is 6.72. The topological polar surface area (TPSA) is 156 Å². The van der Waals surface area contributed by atoms with Crippen LogP contribution in [0.5, 0.6) is 5.75 Å². The Labute approximate surface area is 245 Å². The van der Waals surface area contributed by atoms with Crippen molar-refractivity contribution >= 4 is 38.7 Å². The molecule has 0 aliphatic heterocycles. The molecule has 2 aromatic heterocycles. The second-order valence-electron chi connectivity index (χ2n) is 9.47. The van der Waals surface area contributed by atoms with E-state index in [1.165, 1.54) is 30.1 Å². The third kappa shape index (κ3) is 7.38. The molecular weight excluding hydrogens is 558 g/mol. The SMILES string of the molecule is CCCCNS(=O)(=O)c1ccc(OC)c(-n2nnc3cnc(Nc4ccc(C(=O)NCCN(CC)CC)cc4)nc32)c1. The first-order valence-electron chi connectivity index (χ1n) is 13.9. The molecule has 4 rings (SSSR count). The zero-order valence-corrected chi connectivity index (χ0v) is 25.1. The van der Waals surface area contributed by atoms with Crippen LogP contribution in [0.2, 0.25) is 0 Å². The molecular formula is C28H37N9O4S. The smallest absolute Gasteiger partial charge is 0.251 e. The largest absolute Gasteiger partial charge is 0.494 e. The number of likely N-dealkylation sites (N-methyl/N-ethyl adjacent to an activating group) is 1. The van der Waals surface area contributed by atoms with E-state index in [1.54, 1.807) is 30.3 Å². The average molecular weight is 596 g/mol. The number of hydrogen-bond acceptors (Lipinski definition) is 10. The van der Waals surface area contributed by atoms with Crippen LogP contribution in [0.1, 0.15) is 44.0 Å². The highest BCUT2D eigenvalue weighted by Gasteiger charge is 2.20. The highest BCUT2D eigenvalue weighted by atomic mass is 32.2. The number of unbranched alkanes of at least 4 members (excludes halogenated alkanes) is 1. The maximum Gasteiger partial charge on any atom is 0.251 e. The molecule has 14 heteroatoms. The lowest BCUT2D eigenvalue weighted by atomic mass is 10.2. The number of nitrogens with one attached hydrogen (secondary N) is 3. The second kappa shape index (κ2) is 14.2. The number of aromatic nitrogens is 5. The molecule has 3 N–H and O–H groups in total. The van der Waals surface area contributed by atoms with E-state index in [1.807, 2.05) is 6.92 Å². The molecule has 4 aromatic rings. The fraction of sp³-hybridized carbons (Fsp3) is 0.393. The molecule has 13 nitrogen and oxygen atoms in total. The van der Waals surface area contributed by atoms with E-state index in [0.29, 0.717) is 46.9 Å². The van der Waals surface area contributed by atoms with Gasteiger partial charge in [0.1, 0.15) is 11.4 Å². The van der Waals surface area contributed by atoms with Gasteiger partial charge >= 0.3 is 0 Å². The van der Waals surface area contributed by atoms with E-state index in [2.05, 4.69) is 54.4 Å². The lowest BCUT2D eigenvalue weighted by Gasteiger charge is -2.18. The number of hydrogen-bond donors (Lipinski definition) is 3. The van der Waals surface area contributed by atoms with Crippen LogP contribution in [0.3, 0.4) is 0 Å². The zero-order chi connectivity index (χ0) is 30.1. The number of methoxy groups -OCH3 is 1. The maximum atomic E-state index is 12.9. The molecule has 0 saturated heterocycles. The standard InChI is InChI=1S/C28H37N9O4S/c1-5-8-15-31-42(39,40)22-13-14-25(41-4)24(18-22)37-26-23(34-35-37)19-30-28(33-26)32-21-11-9-20(10-12-21)27(38)29-16-17-36(6-2)7-3/h9-14,18-19,31H,5-8,15-17H2,1-4H3,(H,29,38)(H,30,32,33). The highest BCUT2D eigenvalue weighted by molar-refractivity contribution is 7.89. The predicted molar refractivity (Wildman–Crippen MR) is 161 cm³/mol. The number of carbonyl (C=O) groups excluding carboxylic acids is 1. The van der Waals surface area contributed by atoms with Gasteiger partial charge in [0.25, 0.3) is 5.91 Å². The van der Waals surface area contributed by atoms with Crippen molar-refractivity contribution in [3.8, 4) is 11.4 Å². The van der Waals surface area contributed by atoms with Crippen molar-refractivity contribution in [1.29, 1.82) is 0 Å². The first-order valence-corrected chi connectivity index (χ1v) is 15.4. The Morgan fingerprint density at radius 1 is 1.05 bits per heavy atom. The molecule has 42 heavy (non-hydrogen) atoms. The van der Waals surface area contributed by atoms with Gasteiger partial charge in [-0.3, -0.25) is 4.79 Å². The molecule has 0 saturated carbocycles. The molecule has 0 bridgehead atoms. The Bertz CT molecular complexity index is 1600. The minimum Gasteiger partial charge on any atom is -0.494 e. The van der Waals surface area contributed by atoms with Crippen molar-refractivity contribution < 1.29 is 17.9 Å². The predicted octanol–water partition coefficient (Wildman–Crippen LogP) is 3.11. The van der Waals surface area contributed by atoms with Crippen molar-refractivity contribution in [3.05, 3.63) is 54.2 Å². The summed E-state index contributed by atoms with van der Waals surface area (Å²) in [6, 6.07) is 11.5. The monoisotopic (exact) mass is 595 g/mol. The van der Waals surface area contributed by atoms with Crippen LogP contribution in [0.4, 0.5) is 11.6 Å². The number of amides is 1.